The van der Waals surface area contributed by atoms with E-state index in [2.05, 4.69) is 53.1 Å². The molecule has 1 rings (SSSR count). The fourth-order valence-electron chi connectivity index (χ4n) is 1.73. The molecule has 0 radical (unpaired) electrons. The smallest absolute Gasteiger partial charge is 0.0449 e. The van der Waals surface area contributed by atoms with Crippen molar-refractivity contribution in [2.75, 3.05) is 6.54 Å². The molecule has 16 heavy (non-hydrogen) atoms. The van der Waals surface area contributed by atoms with Crippen molar-refractivity contribution >= 4 is 15.9 Å². The summed E-state index contributed by atoms with van der Waals surface area (Å²) in [5, 5.41) is 3.56. The number of halogens is 1. The predicted molar refractivity (Wildman–Crippen MR) is 72.8 cm³/mol. The van der Waals surface area contributed by atoms with Crippen LogP contribution < -0.4 is 5.32 Å². The van der Waals surface area contributed by atoms with Gasteiger partial charge in [0, 0.05) is 28.8 Å². The zero-order valence-corrected chi connectivity index (χ0v) is 12.0. The molecule has 1 aromatic rings. The number of hydrogen-bond acceptors (Lipinski definition) is 2. The first kappa shape index (κ1) is 13.7. The molecule has 0 amide bonds. The van der Waals surface area contributed by atoms with Crippen LogP contribution in [-0.2, 0) is 6.42 Å². The third-order valence-corrected chi connectivity index (χ3v) is 3.20. The molecule has 0 aliphatic carbocycles. The molecule has 90 valence electrons. The zero-order valence-electron chi connectivity index (χ0n) is 10.4. The van der Waals surface area contributed by atoms with Gasteiger partial charge in [0.15, 0.2) is 0 Å². The van der Waals surface area contributed by atoms with Crippen molar-refractivity contribution < 1.29 is 0 Å². The summed E-state index contributed by atoms with van der Waals surface area (Å²) in [6.07, 6.45) is 5.24. The van der Waals surface area contributed by atoms with E-state index < -0.39 is 0 Å². The highest BCUT2D eigenvalue weighted by molar-refractivity contribution is 9.10. The lowest BCUT2D eigenvalue weighted by Gasteiger charge is -2.17. The van der Waals surface area contributed by atoms with Crippen LogP contribution in [0.1, 0.15) is 37.9 Å². The molecule has 0 aliphatic rings. The molecule has 2 nitrogen and oxygen atoms in total. The summed E-state index contributed by atoms with van der Waals surface area (Å²) in [5.74, 6) is 0. The monoisotopic (exact) mass is 284 g/mol. The Kier molecular flexibility index (Phi) is 5.99. The van der Waals surface area contributed by atoms with Crippen LogP contribution in [0.25, 0.3) is 0 Å². The molecule has 1 unspecified atom stereocenters. The molecule has 0 spiro atoms. The van der Waals surface area contributed by atoms with Gasteiger partial charge in [0.2, 0.25) is 0 Å². The number of pyridine rings is 1. The first-order valence-corrected chi connectivity index (χ1v) is 6.81. The lowest BCUT2D eigenvalue weighted by atomic mass is 10.0. The number of aromatic nitrogens is 1. The van der Waals surface area contributed by atoms with Crippen LogP contribution in [0.3, 0.4) is 0 Å². The number of hydrogen-bond donors (Lipinski definition) is 1. The summed E-state index contributed by atoms with van der Waals surface area (Å²) in [6.45, 7) is 7.64. The average Bonchev–Trinajstić information content (AvgIpc) is 2.27. The Morgan fingerprint density at radius 2 is 2.19 bits per heavy atom. The Labute approximate surface area is 107 Å². The van der Waals surface area contributed by atoms with E-state index >= 15 is 0 Å². The Morgan fingerprint density at radius 1 is 1.44 bits per heavy atom. The average molecular weight is 285 g/mol. The maximum Gasteiger partial charge on any atom is 0.0449 e. The summed E-state index contributed by atoms with van der Waals surface area (Å²) in [7, 11) is 0. The highest BCUT2D eigenvalue weighted by Crippen LogP contribution is 2.14. The highest BCUT2D eigenvalue weighted by Gasteiger charge is 2.09. The largest absolute Gasteiger partial charge is 0.314 e. The van der Waals surface area contributed by atoms with E-state index in [1.165, 1.54) is 17.7 Å². The van der Waals surface area contributed by atoms with Crippen molar-refractivity contribution in [1.82, 2.24) is 10.3 Å². The van der Waals surface area contributed by atoms with Gasteiger partial charge in [-0.2, -0.15) is 0 Å². The van der Waals surface area contributed by atoms with Gasteiger partial charge in [-0.25, -0.2) is 0 Å². The molecule has 1 atom stereocenters. The second kappa shape index (κ2) is 7.02. The minimum atomic E-state index is 0.548. The van der Waals surface area contributed by atoms with Crippen molar-refractivity contribution in [2.24, 2.45) is 0 Å². The van der Waals surface area contributed by atoms with Crippen LogP contribution in [0.5, 0.6) is 0 Å². The predicted octanol–water partition coefficient (Wildman–Crippen LogP) is 3.47. The van der Waals surface area contributed by atoms with Gasteiger partial charge in [0.1, 0.15) is 0 Å². The van der Waals surface area contributed by atoms with Gasteiger partial charge in [0.25, 0.3) is 0 Å². The first-order valence-electron chi connectivity index (χ1n) is 6.01. The quantitative estimate of drug-likeness (QED) is 0.865. The van der Waals surface area contributed by atoms with Crippen molar-refractivity contribution in [3.63, 3.8) is 0 Å². The molecule has 1 heterocycles. The summed E-state index contributed by atoms with van der Waals surface area (Å²) in [4.78, 5) is 4.49. The van der Waals surface area contributed by atoms with Crippen molar-refractivity contribution in [1.29, 1.82) is 0 Å². The van der Waals surface area contributed by atoms with Crippen molar-refractivity contribution in [3.8, 4) is 0 Å². The summed E-state index contributed by atoms with van der Waals surface area (Å²) in [6, 6.07) is 2.68. The minimum Gasteiger partial charge on any atom is -0.314 e. The van der Waals surface area contributed by atoms with Gasteiger partial charge in [-0.1, -0.05) is 13.8 Å². The van der Waals surface area contributed by atoms with Crippen molar-refractivity contribution in [2.45, 2.75) is 46.1 Å². The Hall–Kier alpha value is -0.410. The molecule has 0 bridgehead atoms. The molecule has 3 heteroatoms. The fourth-order valence-corrected chi connectivity index (χ4v) is 2.17. The van der Waals surface area contributed by atoms with Gasteiger partial charge in [-0.3, -0.25) is 4.98 Å². The molecule has 0 aliphatic heterocycles. The Bertz CT molecular complexity index is 326. The standard InChI is InChI=1S/C13H21BrN2/c1-4-6-15-12(5-2)8-13-10(3)7-11(14)9-16-13/h7,9,12,15H,4-6,8H2,1-3H3. The van der Waals surface area contributed by atoms with Gasteiger partial charge >= 0.3 is 0 Å². The highest BCUT2D eigenvalue weighted by atomic mass is 79.9. The SMILES string of the molecule is CCCNC(CC)Cc1ncc(Br)cc1C. The van der Waals surface area contributed by atoms with Crippen LogP contribution in [-0.4, -0.2) is 17.6 Å². The van der Waals surface area contributed by atoms with Gasteiger partial charge in [0.05, 0.1) is 0 Å². The van der Waals surface area contributed by atoms with Crippen LogP contribution in [0, 0.1) is 6.92 Å². The minimum absolute atomic E-state index is 0.548. The first-order chi connectivity index (χ1) is 7.67. The summed E-state index contributed by atoms with van der Waals surface area (Å²) in [5.41, 5.74) is 2.48. The van der Waals surface area contributed by atoms with Crippen LogP contribution in [0.4, 0.5) is 0 Å². The summed E-state index contributed by atoms with van der Waals surface area (Å²) < 4.78 is 1.06. The topological polar surface area (TPSA) is 24.9 Å². The molecule has 1 aromatic heterocycles. The Balaban J connectivity index is 2.62. The molecular formula is C13H21BrN2. The van der Waals surface area contributed by atoms with Gasteiger partial charge in [-0.15, -0.1) is 0 Å². The summed E-state index contributed by atoms with van der Waals surface area (Å²) >= 11 is 3.44. The maximum absolute atomic E-state index is 4.49. The molecule has 1 N–H and O–H groups in total. The van der Waals surface area contributed by atoms with E-state index in [-0.39, 0.29) is 0 Å². The maximum atomic E-state index is 4.49. The molecule has 0 fully saturated rings. The van der Waals surface area contributed by atoms with E-state index in [1.54, 1.807) is 0 Å². The van der Waals surface area contributed by atoms with Gasteiger partial charge in [-0.05, 0) is 53.9 Å². The van der Waals surface area contributed by atoms with E-state index in [4.69, 9.17) is 0 Å². The lowest BCUT2D eigenvalue weighted by Crippen LogP contribution is -2.31. The number of nitrogens with zero attached hydrogens (tertiary/aromatic N) is 1. The number of aryl methyl sites for hydroxylation is 1. The van der Waals surface area contributed by atoms with E-state index in [0.717, 1.165) is 23.9 Å². The third-order valence-electron chi connectivity index (χ3n) is 2.77. The van der Waals surface area contributed by atoms with Crippen molar-refractivity contribution in [3.05, 3.63) is 28.0 Å². The van der Waals surface area contributed by atoms with E-state index in [1.807, 2.05) is 6.20 Å². The second-order valence-corrected chi connectivity index (χ2v) is 5.10. The van der Waals surface area contributed by atoms with Crippen LogP contribution in [0.2, 0.25) is 0 Å². The van der Waals surface area contributed by atoms with Crippen LogP contribution >= 0.6 is 15.9 Å². The molecule has 0 aromatic carbocycles. The fraction of sp³-hybridized carbons (Fsp3) is 0.615. The zero-order chi connectivity index (χ0) is 12.0. The van der Waals surface area contributed by atoms with E-state index in [0.29, 0.717) is 6.04 Å². The number of rotatable bonds is 6. The Morgan fingerprint density at radius 3 is 2.75 bits per heavy atom. The second-order valence-electron chi connectivity index (χ2n) is 4.18. The number of nitrogens with one attached hydrogen (secondary N) is 1. The normalized spacial score (nSPS) is 12.8. The lowest BCUT2D eigenvalue weighted by molar-refractivity contribution is 0.489. The third kappa shape index (κ3) is 4.22. The van der Waals surface area contributed by atoms with Crippen LogP contribution in [0.15, 0.2) is 16.7 Å². The van der Waals surface area contributed by atoms with Gasteiger partial charge < -0.3 is 5.32 Å². The molecule has 0 saturated heterocycles. The molecular weight excluding hydrogens is 264 g/mol. The van der Waals surface area contributed by atoms with E-state index in [9.17, 15) is 0 Å². The molecule has 0 saturated carbocycles.